The Hall–Kier alpha value is -0.270. The van der Waals surface area contributed by atoms with Crippen molar-refractivity contribution in [1.82, 2.24) is 0 Å². The highest BCUT2D eigenvalue weighted by molar-refractivity contribution is 6.18. The van der Waals surface area contributed by atoms with Gasteiger partial charge in [0.2, 0.25) is 0 Å². The van der Waals surface area contributed by atoms with Crippen LogP contribution in [0.15, 0.2) is 0 Å². The minimum Gasteiger partial charge on any atom is -0.372 e. The fourth-order valence-electron chi connectivity index (χ4n) is 1.07. The van der Waals surface area contributed by atoms with Gasteiger partial charge in [-0.05, 0) is 13.3 Å². The van der Waals surface area contributed by atoms with E-state index in [1.54, 1.807) is 0 Å². The number of rotatable bonds is 8. The van der Waals surface area contributed by atoms with Crippen molar-refractivity contribution in [2.75, 3.05) is 25.7 Å². The lowest BCUT2D eigenvalue weighted by Crippen LogP contribution is -2.32. The molecule has 0 saturated carbocycles. The summed E-state index contributed by atoms with van der Waals surface area (Å²) in [6.07, 6.45) is 6.30. The summed E-state index contributed by atoms with van der Waals surface area (Å²) in [6, 6.07) is 0. The van der Waals surface area contributed by atoms with E-state index < -0.39 is 5.60 Å². The first kappa shape index (κ1) is 13.8. The van der Waals surface area contributed by atoms with Crippen molar-refractivity contribution in [3.63, 3.8) is 0 Å². The summed E-state index contributed by atoms with van der Waals surface area (Å²) in [5.41, 5.74) is -0.524. The van der Waals surface area contributed by atoms with Crippen LogP contribution in [-0.4, -0.2) is 43.5 Å². The van der Waals surface area contributed by atoms with Crippen molar-refractivity contribution in [2.24, 2.45) is 0 Å². The molecular formula is C12H19ClO3. The van der Waals surface area contributed by atoms with Gasteiger partial charge in [-0.3, -0.25) is 0 Å². The Morgan fingerprint density at radius 2 is 2.38 bits per heavy atom. The number of terminal acetylenes is 1. The third-order valence-corrected chi connectivity index (χ3v) is 3.00. The highest BCUT2D eigenvalue weighted by atomic mass is 35.5. The van der Waals surface area contributed by atoms with E-state index in [1.165, 1.54) is 0 Å². The Morgan fingerprint density at radius 1 is 1.69 bits per heavy atom. The van der Waals surface area contributed by atoms with Gasteiger partial charge in [-0.25, -0.2) is 0 Å². The summed E-state index contributed by atoms with van der Waals surface area (Å²) >= 11 is 5.79. The molecule has 1 heterocycles. The van der Waals surface area contributed by atoms with Crippen LogP contribution in [0.25, 0.3) is 0 Å². The van der Waals surface area contributed by atoms with E-state index >= 15 is 0 Å². The predicted molar refractivity (Wildman–Crippen MR) is 63.7 cm³/mol. The van der Waals surface area contributed by atoms with Crippen LogP contribution in [0, 0.1) is 12.3 Å². The zero-order valence-corrected chi connectivity index (χ0v) is 10.6. The van der Waals surface area contributed by atoms with Gasteiger partial charge in [-0.15, -0.1) is 18.0 Å². The topological polar surface area (TPSA) is 31.0 Å². The summed E-state index contributed by atoms with van der Waals surface area (Å²) < 4.78 is 16.2. The van der Waals surface area contributed by atoms with Gasteiger partial charge in [0.25, 0.3) is 0 Å². The Bertz CT molecular complexity index is 247. The molecule has 1 saturated heterocycles. The van der Waals surface area contributed by atoms with E-state index in [9.17, 15) is 0 Å². The van der Waals surface area contributed by atoms with E-state index in [2.05, 4.69) is 5.92 Å². The van der Waals surface area contributed by atoms with Crippen molar-refractivity contribution in [3.8, 4) is 12.3 Å². The number of halogens is 1. The fraction of sp³-hybridized carbons (Fsp3) is 0.833. The molecule has 0 aromatic heterocycles. The van der Waals surface area contributed by atoms with Gasteiger partial charge >= 0.3 is 0 Å². The van der Waals surface area contributed by atoms with E-state index in [-0.39, 0.29) is 12.2 Å². The first-order valence-electron chi connectivity index (χ1n) is 5.54. The van der Waals surface area contributed by atoms with Crippen LogP contribution >= 0.6 is 11.6 Å². The third kappa shape index (κ3) is 4.71. The molecule has 1 rings (SSSR count). The molecule has 1 aliphatic heterocycles. The maximum absolute atomic E-state index is 5.79. The number of hydrogen-bond acceptors (Lipinski definition) is 3. The van der Waals surface area contributed by atoms with Crippen molar-refractivity contribution in [3.05, 3.63) is 0 Å². The summed E-state index contributed by atoms with van der Waals surface area (Å²) in [5.74, 6) is 3.04. The second kappa shape index (κ2) is 6.46. The van der Waals surface area contributed by atoms with Crippen LogP contribution in [0.2, 0.25) is 0 Å². The monoisotopic (exact) mass is 246 g/mol. The Labute approximate surface area is 102 Å². The second-order valence-corrected chi connectivity index (χ2v) is 4.41. The van der Waals surface area contributed by atoms with E-state index in [0.29, 0.717) is 19.1 Å². The molecule has 0 spiro atoms. The van der Waals surface area contributed by atoms with Crippen LogP contribution in [0.5, 0.6) is 0 Å². The molecule has 0 unspecified atom stereocenters. The number of ether oxygens (including phenoxy) is 3. The zero-order chi connectivity index (χ0) is 12.0. The maximum Gasteiger partial charge on any atom is 0.125 e. The Balaban J connectivity index is 2.23. The highest BCUT2D eigenvalue weighted by Crippen LogP contribution is 2.16. The van der Waals surface area contributed by atoms with Gasteiger partial charge < -0.3 is 14.2 Å². The first-order valence-corrected chi connectivity index (χ1v) is 6.08. The van der Waals surface area contributed by atoms with Gasteiger partial charge in [0.15, 0.2) is 0 Å². The van der Waals surface area contributed by atoms with Crippen LogP contribution in [0.3, 0.4) is 0 Å². The molecule has 3 nitrogen and oxygen atoms in total. The van der Waals surface area contributed by atoms with Crippen LogP contribution in [0.1, 0.15) is 20.3 Å². The average Bonchev–Trinajstić information content (AvgIpc) is 3.13. The van der Waals surface area contributed by atoms with Gasteiger partial charge in [0.1, 0.15) is 11.7 Å². The van der Waals surface area contributed by atoms with Crippen molar-refractivity contribution in [1.29, 1.82) is 0 Å². The van der Waals surface area contributed by atoms with Gasteiger partial charge in [0, 0.05) is 0 Å². The number of alkyl halides is 1. The fourth-order valence-corrected chi connectivity index (χ4v) is 1.25. The normalized spacial score (nSPS) is 24.5. The lowest BCUT2D eigenvalue weighted by atomic mass is 10.1. The largest absolute Gasteiger partial charge is 0.372 e. The molecule has 1 fully saturated rings. The molecule has 92 valence electrons. The van der Waals surface area contributed by atoms with Crippen molar-refractivity contribution in [2.45, 2.75) is 38.1 Å². The van der Waals surface area contributed by atoms with E-state index in [4.69, 9.17) is 32.2 Å². The molecule has 4 heteroatoms. The molecule has 0 aliphatic carbocycles. The quantitative estimate of drug-likeness (QED) is 0.372. The summed E-state index contributed by atoms with van der Waals surface area (Å²) in [7, 11) is 0. The van der Waals surface area contributed by atoms with Gasteiger partial charge in [-0.1, -0.05) is 12.8 Å². The number of hydrogen-bond donors (Lipinski definition) is 0. The van der Waals surface area contributed by atoms with Gasteiger partial charge in [0.05, 0.1) is 31.8 Å². The Morgan fingerprint density at radius 3 is 2.81 bits per heavy atom. The smallest absolute Gasteiger partial charge is 0.125 e. The molecule has 0 bridgehead atoms. The molecule has 0 aromatic rings. The first-order chi connectivity index (χ1) is 7.63. The summed E-state index contributed by atoms with van der Waals surface area (Å²) in [4.78, 5) is 0. The van der Waals surface area contributed by atoms with Crippen LogP contribution in [0.4, 0.5) is 0 Å². The SMILES string of the molecule is C#C[C@](C)(CC)OC[C@@H](CCl)OC[C@H]1CO1. The summed E-state index contributed by atoms with van der Waals surface area (Å²) in [6.45, 7) is 5.67. The van der Waals surface area contributed by atoms with E-state index in [0.717, 1.165) is 13.0 Å². The lowest BCUT2D eigenvalue weighted by Gasteiger charge is -2.25. The molecule has 3 atom stereocenters. The van der Waals surface area contributed by atoms with Crippen LogP contribution in [-0.2, 0) is 14.2 Å². The molecule has 0 amide bonds. The minimum atomic E-state index is -0.524. The zero-order valence-electron chi connectivity index (χ0n) is 9.87. The van der Waals surface area contributed by atoms with Crippen molar-refractivity contribution >= 4 is 11.6 Å². The third-order valence-electron chi connectivity index (χ3n) is 2.66. The Kier molecular flexibility index (Phi) is 5.57. The molecule has 1 aliphatic rings. The van der Waals surface area contributed by atoms with Gasteiger partial charge in [-0.2, -0.15) is 0 Å². The average molecular weight is 247 g/mol. The van der Waals surface area contributed by atoms with E-state index in [1.807, 2.05) is 13.8 Å². The number of epoxide rings is 1. The van der Waals surface area contributed by atoms with Crippen LogP contribution < -0.4 is 0 Å². The standard InChI is InChI=1S/C12H19ClO3/c1-4-12(3,5-2)16-9-10(6-13)14-7-11-8-15-11/h1,10-11H,5-9H2,2-3H3/t10-,11+,12-/m1/s1. The minimum absolute atomic E-state index is 0.120. The molecular weight excluding hydrogens is 228 g/mol. The predicted octanol–water partition coefficient (Wildman–Crippen LogP) is 1.83. The maximum atomic E-state index is 5.79. The molecule has 0 aromatic carbocycles. The molecule has 0 N–H and O–H groups in total. The molecule has 0 radical (unpaired) electrons. The second-order valence-electron chi connectivity index (χ2n) is 4.10. The molecule has 16 heavy (non-hydrogen) atoms. The van der Waals surface area contributed by atoms with Crippen molar-refractivity contribution < 1.29 is 14.2 Å². The lowest BCUT2D eigenvalue weighted by molar-refractivity contribution is -0.0594. The summed E-state index contributed by atoms with van der Waals surface area (Å²) in [5, 5.41) is 0. The highest BCUT2D eigenvalue weighted by Gasteiger charge is 2.26.